The molecule has 5 rings (SSSR count). The van der Waals surface area contributed by atoms with Crippen molar-refractivity contribution < 1.29 is 14.3 Å². The molecule has 0 bridgehead atoms. The number of rotatable bonds is 2. The molecular weight excluding hydrogens is 358 g/mol. The molecule has 2 aromatic heterocycles. The van der Waals surface area contributed by atoms with Crippen molar-refractivity contribution in [3.8, 4) is 0 Å². The van der Waals surface area contributed by atoms with E-state index in [0.717, 1.165) is 5.56 Å². The largest absolute Gasteiger partial charge is 0.364 e. The Morgan fingerprint density at radius 1 is 1.21 bits per heavy atom. The number of nitrogens with one attached hydrogen (secondary N) is 1. The molecule has 2 atom stereocenters. The molecule has 8 nitrogen and oxygen atoms in total. The highest BCUT2D eigenvalue weighted by Gasteiger charge is 2.50. The van der Waals surface area contributed by atoms with Gasteiger partial charge in [-0.1, -0.05) is 30.3 Å². The number of fused-ring (bicyclic) bond motifs is 2. The Kier molecular flexibility index (Phi) is 3.87. The summed E-state index contributed by atoms with van der Waals surface area (Å²) in [4.78, 5) is 31.2. The van der Waals surface area contributed by atoms with E-state index in [4.69, 9.17) is 4.74 Å². The Hall–Kier alpha value is -3.26. The van der Waals surface area contributed by atoms with Gasteiger partial charge in [0.05, 0.1) is 11.7 Å². The summed E-state index contributed by atoms with van der Waals surface area (Å²) < 4.78 is 7.44. The highest BCUT2D eigenvalue weighted by molar-refractivity contribution is 5.93. The van der Waals surface area contributed by atoms with Crippen molar-refractivity contribution in [2.45, 2.75) is 18.1 Å². The molecule has 2 aliphatic heterocycles. The second kappa shape index (κ2) is 6.42. The summed E-state index contributed by atoms with van der Waals surface area (Å²) in [7, 11) is 0. The number of benzene rings is 1. The molecule has 0 radical (unpaired) electrons. The SMILES string of the molecule is O=C1CO[C@@H]2CN(C(=O)c3cnc4cccnn34)CC[C@@]2(c2ccccc2)N1. The number of aromatic nitrogens is 3. The number of imidazole rings is 1. The zero-order valence-electron chi connectivity index (χ0n) is 15.1. The van der Waals surface area contributed by atoms with Gasteiger partial charge >= 0.3 is 0 Å². The van der Waals surface area contributed by atoms with Crippen molar-refractivity contribution >= 4 is 17.5 Å². The Morgan fingerprint density at radius 3 is 2.93 bits per heavy atom. The van der Waals surface area contributed by atoms with Crippen LogP contribution >= 0.6 is 0 Å². The van der Waals surface area contributed by atoms with Gasteiger partial charge in [-0.05, 0) is 24.1 Å². The number of carbonyl (C=O) groups excluding carboxylic acids is 2. The van der Waals surface area contributed by atoms with Crippen molar-refractivity contribution in [1.82, 2.24) is 24.8 Å². The lowest BCUT2D eigenvalue weighted by Crippen LogP contribution is -2.67. The van der Waals surface area contributed by atoms with Crippen molar-refractivity contribution in [2.75, 3.05) is 19.7 Å². The van der Waals surface area contributed by atoms with E-state index >= 15 is 0 Å². The molecule has 142 valence electrons. The van der Waals surface area contributed by atoms with E-state index in [9.17, 15) is 9.59 Å². The normalized spacial score (nSPS) is 24.6. The van der Waals surface area contributed by atoms with Crippen LogP contribution in [-0.4, -0.2) is 57.1 Å². The van der Waals surface area contributed by atoms with E-state index in [1.807, 2.05) is 30.3 Å². The van der Waals surface area contributed by atoms with Crippen molar-refractivity contribution in [3.63, 3.8) is 0 Å². The number of carbonyl (C=O) groups is 2. The minimum absolute atomic E-state index is 0.00154. The van der Waals surface area contributed by atoms with Crippen LogP contribution in [0.2, 0.25) is 0 Å². The standard InChI is InChI=1S/C20H19N5O3/c26-18-13-28-16-12-24(10-8-20(16,23-18)14-5-2-1-3-6-14)19(27)15-11-21-17-7-4-9-22-25(15)17/h1-7,9,11,16H,8,10,12-13H2,(H,23,26)/t16-,20+/m1/s1. The first kappa shape index (κ1) is 16.9. The van der Waals surface area contributed by atoms with Gasteiger partial charge in [0, 0.05) is 19.3 Å². The summed E-state index contributed by atoms with van der Waals surface area (Å²) in [5.41, 5.74) is 1.42. The fourth-order valence-corrected chi connectivity index (χ4v) is 4.18. The molecule has 28 heavy (non-hydrogen) atoms. The monoisotopic (exact) mass is 377 g/mol. The molecule has 0 aliphatic carbocycles. The first-order valence-electron chi connectivity index (χ1n) is 9.23. The van der Waals surface area contributed by atoms with Crippen molar-refractivity contribution in [3.05, 3.63) is 66.1 Å². The molecule has 1 aromatic carbocycles. The predicted octanol–water partition coefficient (Wildman–Crippen LogP) is 0.986. The molecule has 2 saturated heterocycles. The van der Waals surface area contributed by atoms with Gasteiger partial charge in [0.1, 0.15) is 12.7 Å². The quantitative estimate of drug-likeness (QED) is 0.719. The maximum absolute atomic E-state index is 13.1. The van der Waals surface area contributed by atoms with E-state index in [-0.39, 0.29) is 24.5 Å². The van der Waals surface area contributed by atoms with Crippen LogP contribution in [0.1, 0.15) is 22.5 Å². The van der Waals surface area contributed by atoms with Crippen LogP contribution in [0, 0.1) is 0 Å². The Bertz CT molecular complexity index is 1050. The van der Waals surface area contributed by atoms with Crippen molar-refractivity contribution in [2.24, 2.45) is 0 Å². The molecular formula is C20H19N5O3. The van der Waals surface area contributed by atoms with Crippen LogP contribution in [0.25, 0.3) is 5.65 Å². The molecule has 0 unspecified atom stereocenters. The molecule has 8 heteroatoms. The van der Waals surface area contributed by atoms with Gasteiger partial charge in [0.25, 0.3) is 5.91 Å². The highest BCUT2D eigenvalue weighted by atomic mass is 16.5. The number of piperidine rings is 1. The average molecular weight is 377 g/mol. The van der Waals surface area contributed by atoms with Crippen LogP contribution in [0.5, 0.6) is 0 Å². The van der Waals surface area contributed by atoms with Gasteiger partial charge in [-0.2, -0.15) is 5.10 Å². The fraction of sp³-hybridized carbons (Fsp3) is 0.300. The van der Waals surface area contributed by atoms with Crippen LogP contribution in [0.4, 0.5) is 0 Å². The van der Waals surface area contributed by atoms with Gasteiger partial charge in [0.15, 0.2) is 11.3 Å². The Labute approximate surface area is 161 Å². The number of morpholine rings is 1. The second-order valence-electron chi connectivity index (χ2n) is 7.12. The van der Waals surface area contributed by atoms with E-state index in [2.05, 4.69) is 15.4 Å². The summed E-state index contributed by atoms with van der Waals surface area (Å²) in [6.07, 6.45) is 3.43. The molecule has 2 fully saturated rings. The summed E-state index contributed by atoms with van der Waals surface area (Å²) >= 11 is 0. The minimum Gasteiger partial charge on any atom is -0.364 e. The Balaban J connectivity index is 1.45. The van der Waals surface area contributed by atoms with Crippen LogP contribution in [0.15, 0.2) is 54.9 Å². The van der Waals surface area contributed by atoms with Crippen LogP contribution < -0.4 is 5.32 Å². The maximum atomic E-state index is 13.1. The number of amides is 2. The third kappa shape index (κ3) is 2.56. The average Bonchev–Trinajstić information content (AvgIpc) is 3.17. The zero-order valence-corrected chi connectivity index (χ0v) is 15.1. The van der Waals surface area contributed by atoms with Crippen LogP contribution in [0.3, 0.4) is 0 Å². The first-order valence-corrected chi connectivity index (χ1v) is 9.23. The molecule has 2 amide bonds. The lowest BCUT2D eigenvalue weighted by atomic mass is 9.77. The summed E-state index contributed by atoms with van der Waals surface area (Å²) in [5, 5.41) is 7.37. The van der Waals surface area contributed by atoms with Crippen LogP contribution in [-0.2, 0) is 15.1 Å². The maximum Gasteiger partial charge on any atom is 0.274 e. The first-order chi connectivity index (χ1) is 13.7. The third-order valence-corrected chi connectivity index (χ3v) is 5.56. The predicted molar refractivity (Wildman–Crippen MR) is 99.5 cm³/mol. The topological polar surface area (TPSA) is 88.8 Å². The second-order valence-corrected chi connectivity index (χ2v) is 7.12. The molecule has 0 saturated carbocycles. The zero-order chi connectivity index (χ0) is 19.1. The Morgan fingerprint density at radius 2 is 2.07 bits per heavy atom. The summed E-state index contributed by atoms with van der Waals surface area (Å²) in [6, 6.07) is 13.4. The van der Waals surface area contributed by atoms with E-state index in [1.54, 1.807) is 33.9 Å². The fourth-order valence-electron chi connectivity index (χ4n) is 4.18. The molecule has 0 spiro atoms. The van der Waals surface area contributed by atoms with Gasteiger partial charge in [-0.15, -0.1) is 0 Å². The number of likely N-dealkylation sites (tertiary alicyclic amines) is 1. The number of nitrogens with zero attached hydrogens (tertiary/aromatic N) is 4. The number of hydrogen-bond acceptors (Lipinski definition) is 5. The summed E-state index contributed by atoms with van der Waals surface area (Å²) in [6.45, 7) is 0.875. The minimum atomic E-state index is -0.620. The van der Waals surface area contributed by atoms with Gasteiger partial charge in [-0.3, -0.25) is 9.59 Å². The van der Waals surface area contributed by atoms with E-state index in [1.165, 1.54) is 0 Å². The number of hydrogen-bond donors (Lipinski definition) is 1. The van der Waals surface area contributed by atoms with Gasteiger partial charge < -0.3 is 15.0 Å². The molecule has 3 aromatic rings. The lowest BCUT2D eigenvalue weighted by molar-refractivity contribution is -0.150. The summed E-state index contributed by atoms with van der Waals surface area (Å²) in [5.74, 6) is -0.278. The van der Waals surface area contributed by atoms with E-state index < -0.39 is 5.54 Å². The smallest absolute Gasteiger partial charge is 0.274 e. The van der Waals surface area contributed by atoms with E-state index in [0.29, 0.717) is 30.9 Å². The van der Waals surface area contributed by atoms with Crippen molar-refractivity contribution in [1.29, 1.82) is 0 Å². The molecule has 2 aliphatic rings. The molecule has 4 heterocycles. The number of ether oxygens (including phenoxy) is 1. The highest BCUT2D eigenvalue weighted by Crippen LogP contribution is 2.37. The lowest BCUT2D eigenvalue weighted by Gasteiger charge is -2.50. The molecule has 1 N–H and O–H groups in total. The third-order valence-electron chi connectivity index (χ3n) is 5.56. The van der Waals surface area contributed by atoms with Gasteiger partial charge in [0.2, 0.25) is 5.91 Å². The van der Waals surface area contributed by atoms with Gasteiger partial charge in [-0.25, -0.2) is 9.50 Å².